The standard InChI is InChI=1S/C14H16F3N/c15-14(16,17)8-18-7-12-11-6-5-9-3-1-2-4-10(9)13(11)12/h1-4,11-13,18H,5-8H2. The van der Waals surface area contributed by atoms with Crippen LogP contribution in [0.3, 0.4) is 0 Å². The summed E-state index contributed by atoms with van der Waals surface area (Å²) >= 11 is 0. The molecule has 18 heavy (non-hydrogen) atoms. The maximum atomic E-state index is 12.1. The lowest BCUT2D eigenvalue weighted by Crippen LogP contribution is -2.30. The summed E-state index contributed by atoms with van der Waals surface area (Å²) in [5, 5.41) is 2.55. The number of hydrogen-bond donors (Lipinski definition) is 1. The van der Waals surface area contributed by atoms with E-state index in [0.29, 0.717) is 24.3 Å². The van der Waals surface area contributed by atoms with Gasteiger partial charge in [0.25, 0.3) is 0 Å². The van der Waals surface area contributed by atoms with Gasteiger partial charge in [-0.2, -0.15) is 13.2 Å². The number of aryl methyl sites for hydroxylation is 1. The monoisotopic (exact) mass is 255 g/mol. The van der Waals surface area contributed by atoms with Gasteiger partial charge in [-0.25, -0.2) is 0 Å². The minimum absolute atomic E-state index is 0.399. The molecule has 4 heteroatoms. The Morgan fingerprint density at radius 1 is 1.22 bits per heavy atom. The summed E-state index contributed by atoms with van der Waals surface area (Å²) < 4.78 is 36.2. The molecule has 1 fully saturated rings. The summed E-state index contributed by atoms with van der Waals surface area (Å²) in [5.74, 6) is 1.49. The van der Waals surface area contributed by atoms with Crippen LogP contribution in [0, 0.1) is 11.8 Å². The maximum Gasteiger partial charge on any atom is 0.401 e. The number of hydrogen-bond acceptors (Lipinski definition) is 1. The molecular weight excluding hydrogens is 239 g/mol. The molecule has 1 aromatic rings. The third-order valence-corrected chi connectivity index (χ3v) is 4.20. The largest absolute Gasteiger partial charge is 0.401 e. The summed E-state index contributed by atoms with van der Waals surface area (Å²) in [7, 11) is 0. The lowest BCUT2D eigenvalue weighted by Gasteiger charge is -2.13. The Balaban J connectivity index is 1.60. The zero-order valence-corrected chi connectivity index (χ0v) is 10.0. The Hall–Kier alpha value is -1.03. The van der Waals surface area contributed by atoms with E-state index in [0.717, 1.165) is 12.8 Å². The predicted molar refractivity (Wildman–Crippen MR) is 63.4 cm³/mol. The molecule has 0 amide bonds. The van der Waals surface area contributed by atoms with Gasteiger partial charge in [-0.15, -0.1) is 0 Å². The molecule has 3 atom stereocenters. The van der Waals surface area contributed by atoms with Gasteiger partial charge in [-0.3, -0.25) is 0 Å². The van der Waals surface area contributed by atoms with Crippen molar-refractivity contribution in [3.05, 3.63) is 35.4 Å². The van der Waals surface area contributed by atoms with Crippen LogP contribution in [0.1, 0.15) is 23.5 Å². The van der Waals surface area contributed by atoms with E-state index >= 15 is 0 Å². The van der Waals surface area contributed by atoms with Gasteiger partial charge in [-0.1, -0.05) is 24.3 Å². The minimum Gasteiger partial charge on any atom is -0.308 e. The Morgan fingerprint density at radius 2 is 2.00 bits per heavy atom. The molecule has 3 unspecified atom stereocenters. The van der Waals surface area contributed by atoms with Crippen LogP contribution in [0.2, 0.25) is 0 Å². The van der Waals surface area contributed by atoms with Crippen LogP contribution in [0.15, 0.2) is 24.3 Å². The fraction of sp³-hybridized carbons (Fsp3) is 0.571. The second kappa shape index (κ2) is 4.26. The van der Waals surface area contributed by atoms with E-state index < -0.39 is 12.7 Å². The van der Waals surface area contributed by atoms with E-state index in [1.54, 1.807) is 0 Å². The molecule has 1 saturated carbocycles. The van der Waals surface area contributed by atoms with Crippen LogP contribution < -0.4 is 5.32 Å². The first-order valence-electron chi connectivity index (χ1n) is 6.41. The highest BCUT2D eigenvalue weighted by atomic mass is 19.4. The Morgan fingerprint density at radius 3 is 2.78 bits per heavy atom. The van der Waals surface area contributed by atoms with E-state index in [9.17, 15) is 13.2 Å². The Bertz CT molecular complexity index is 441. The number of fused-ring (bicyclic) bond motifs is 3. The second-order valence-corrected chi connectivity index (χ2v) is 5.34. The van der Waals surface area contributed by atoms with Gasteiger partial charge in [0.15, 0.2) is 0 Å². The summed E-state index contributed by atoms with van der Waals surface area (Å²) in [6, 6.07) is 8.35. The predicted octanol–water partition coefficient (Wildman–Crippen LogP) is 3.11. The van der Waals surface area contributed by atoms with Crippen molar-refractivity contribution >= 4 is 0 Å². The second-order valence-electron chi connectivity index (χ2n) is 5.34. The van der Waals surface area contributed by atoms with Crippen molar-refractivity contribution in [2.45, 2.75) is 24.9 Å². The van der Waals surface area contributed by atoms with Crippen LogP contribution in [-0.2, 0) is 6.42 Å². The normalized spacial score (nSPS) is 29.6. The van der Waals surface area contributed by atoms with Gasteiger partial charge >= 0.3 is 6.18 Å². The minimum atomic E-state index is -4.10. The number of benzene rings is 1. The summed E-state index contributed by atoms with van der Waals surface area (Å²) in [6.07, 6.45) is -1.90. The number of alkyl halides is 3. The van der Waals surface area contributed by atoms with Crippen molar-refractivity contribution in [2.75, 3.05) is 13.1 Å². The van der Waals surface area contributed by atoms with E-state index in [1.807, 2.05) is 12.1 Å². The molecular formula is C14H16F3N. The molecule has 2 aliphatic carbocycles. The lowest BCUT2D eigenvalue weighted by atomic mass is 9.92. The third kappa shape index (κ3) is 2.26. The molecule has 0 aromatic heterocycles. The van der Waals surface area contributed by atoms with Crippen LogP contribution >= 0.6 is 0 Å². The molecule has 1 aromatic carbocycles. The number of halogens is 3. The average molecular weight is 255 g/mol. The van der Waals surface area contributed by atoms with Gasteiger partial charge in [-0.05, 0) is 48.3 Å². The van der Waals surface area contributed by atoms with Crippen LogP contribution in [0.5, 0.6) is 0 Å². The van der Waals surface area contributed by atoms with Crippen molar-refractivity contribution < 1.29 is 13.2 Å². The van der Waals surface area contributed by atoms with Crippen LogP contribution in [0.25, 0.3) is 0 Å². The van der Waals surface area contributed by atoms with Gasteiger partial charge in [0.05, 0.1) is 6.54 Å². The van der Waals surface area contributed by atoms with Crippen molar-refractivity contribution in [3.63, 3.8) is 0 Å². The summed E-state index contributed by atoms with van der Waals surface area (Å²) in [4.78, 5) is 0. The van der Waals surface area contributed by atoms with Crippen molar-refractivity contribution in [1.82, 2.24) is 5.32 Å². The first-order chi connectivity index (χ1) is 8.56. The molecule has 0 saturated heterocycles. The molecule has 98 valence electrons. The molecule has 0 aliphatic heterocycles. The molecule has 0 heterocycles. The highest BCUT2D eigenvalue weighted by Gasteiger charge is 2.52. The molecule has 0 spiro atoms. The zero-order chi connectivity index (χ0) is 12.8. The van der Waals surface area contributed by atoms with Gasteiger partial charge in [0, 0.05) is 0 Å². The van der Waals surface area contributed by atoms with Crippen molar-refractivity contribution in [2.24, 2.45) is 11.8 Å². The smallest absolute Gasteiger partial charge is 0.308 e. The third-order valence-electron chi connectivity index (χ3n) is 4.20. The molecule has 1 nitrogen and oxygen atoms in total. The maximum absolute atomic E-state index is 12.1. The first-order valence-corrected chi connectivity index (χ1v) is 6.41. The van der Waals surface area contributed by atoms with Gasteiger partial charge in [0.1, 0.15) is 0 Å². The molecule has 3 rings (SSSR count). The SMILES string of the molecule is FC(F)(F)CNCC1C2CCc3ccccc3C21. The van der Waals surface area contributed by atoms with E-state index in [-0.39, 0.29) is 0 Å². The van der Waals surface area contributed by atoms with E-state index in [2.05, 4.69) is 17.4 Å². The molecule has 0 bridgehead atoms. The van der Waals surface area contributed by atoms with Gasteiger partial charge in [0.2, 0.25) is 0 Å². The molecule has 2 aliphatic rings. The number of rotatable bonds is 3. The van der Waals surface area contributed by atoms with Gasteiger partial charge < -0.3 is 5.32 Å². The average Bonchev–Trinajstić information content (AvgIpc) is 3.02. The van der Waals surface area contributed by atoms with Crippen LogP contribution in [0.4, 0.5) is 13.2 Å². The summed E-state index contributed by atoms with van der Waals surface area (Å²) in [5.41, 5.74) is 2.75. The lowest BCUT2D eigenvalue weighted by molar-refractivity contribution is -0.124. The Kier molecular flexibility index (Phi) is 2.85. The highest BCUT2D eigenvalue weighted by molar-refractivity contribution is 5.39. The van der Waals surface area contributed by atoms with E-state index in [4.69, 9.17) is 0 Å². The van der Waals surface area contributed by atoms with Crippen LogP contribution in [-0.4, -0.2) is 19.3 Å². The molecule has 1 N–H and O–H groups in total. The van der Waals surface area contributed by atoms with E-state index in [1.165, 1.54) is 11.1 Å². The number of nitrogens with one attached hydrogen (secondary N) is 1. The fourth-order valence-electron chi connectivity index (χ4n) is 3.37. The van der Waals surface area contributed by atoms with Crippen molar-refractivity contribution in [3.8, 4) is 0 Å². The quantitative estimate of drug-likeness (QED) is 0.875. The topological polar surface area (TPSA) is 12.0 Å². The highest BCUT2D eigenvalue weighted by Crippen LogP contribution is 2.59. The summed E-state index contributed by atoms with van der Waals surface area (Å²) in [6.45, 7) is -0.381. The first kappa shape index (κ1) is 12.0. The van der Waals surface area contributed by atoms with Crippen molar-refractivity contribution in [1.29, 1.82) is 0 Å². The fourth-order valence-corrected chi connectivity index (χ4v) is 3.37. The zero-order valence-electron chi connectivity index (χ0n) is 10.0. The Labute approximate surface area is 104 Å². The molecule has 0 radical (unpaired) electrons.